The molecule has 1 aromatic heterocycles. The van der Waals surface area contributed by atoms with E-state index in [2.05, 4.69) is 57.1 Å². The molecule has 6 nitrogen and oxygen atoms in total. The van der Waals surface area contributed by atoms with Gasteiger partial charge in [-0.1, -0.05) is 49.0 Å². The number of hydrogen-bond donors (Lipinski definition) is 5. The number of aromatic nitrogens is 1. The first kappa shape index (κ1) is 21.9. The van der Waals surface area contributed by atoms with Gasteiger partial charge in [0.15, 0.2) is 0 Å². The van der Waals surface area contributed by atoms with E-state index < -0.39 is 0 Å². The van der Waals surface area contributed by atoms with Crippen LogP contribution in [0.15, 0.2) is 73.4 Å². The Morgan fingerprint density at radius 3 is 2.59 bits per heavy atom. The third-order valence-electron chi connectivity index (χ3n) is 5.92. The van der Waals surface area contributed by atoms with Crippen molar-refractivity contribution in [1.82, 2.24) is 15.6 Å². The van der Waals surface area contributed by atoms with Gasteiger partial charge >= 0.3 is 0 Å². The second-order valence-electron chi connectivity index (χ2n) is 8.16. The Bertz CT molecular complexity index is 1030. The maximum Gasteiger partial charge on any atom is 0.130 e. The lowest BCUT2D eigenvalue weighted by Gasteiger charge is -2.28. The molecule has 0 spiro atoms. The SMILES string of the molecule is C=C(Nc1ccccc1)c1ccc(C(NC)c2c(NC3CCCNC3)ccnc2N)cc1. The highest BCUT2D eigenvalue weighted by molar-refractivity contribution is 5.75. The Morgan fingerprint density at radius 2 is 1.91 bits per heavy atom. The van der Waals surface area contributed by atoms with Crippen LogP contribution < -0.4 is 27.0 Å². The number of para-hydroxylation sites is 1. The lowest BCUT2D eigenvalue weighted by atomic mass is 9.95. The van der Waals surface area contributed by atoms with Crippen molar-refractivity contribution in [3.63, 3.8) is 0 Å². The normalized spacial score (nSPS) is 16.8. The van der Waals surface area contributed by atoms with Crippen molar-refractivity contribution in [2.75, 3.05) is 36.5 Å². The minimum atomic E-state index is -0.0767. The molecule has 0 amide bonds. The van der Waals surface area contributed by atoms with Gasteiger partial charge in [0, 0.05) is 41.4 Å². The summed E-state index contributed by atoms with van der Waals surface area (Å²) in [6.45, 7) is 6.23. The molecule has 6 N–H and O–H groups in total. The van der Waals surface area contributed by atoms with E-state index in [1.165, 1.54) is 6.42 Å². The molecule has 1 saturated heterocycles. The van der Waals surface area contributed by atoms with E-state index in [0.717, 1.165) is 53.3 Å². The smallest absolute Gasteiger partial charge is 0.130 e. The Balaban J connectivity index is 1.55. The predicted molar refractivity (Wildman–Crippen MR) is 135 cm³/mol. The lowest BCUT2D eigenvalue weighted by molar-refractivity contribution is 0.479. The zero-order valence-corrected chi connectivity index (χ0v) is 18.6. The molecule has 1 fully saturated rings. The summed E-state index contributed by atoms with van der Waals surface area (Å²) >= 11 is 0. The van der Waals surface area contributed by atoms with Crippen LogP contribution in [0.2, 0.25) is 0 Å². The average molecular weight is 429 g/mol. The molecule has 0 aliphatic carbocycles. The maximum atomic E-state index is 6.37. The van der Waals surface area contributed by atoms with Crippen molar-refractivity contribution >= 4 is 22.9 Å². The summed E-state index contributed by atoms with van der Waals surface area (Å²) < 4.78 is 0. The second-order valence-corrected chi connectivity index (χ2v) is 8.16. The highest BCUT2D eigenvalue weighted by atomic mass is 15.0. The summed E-state index contributed by atoms with van der Waals surface area (Å²) in [6, 6.07) is 20.8. The average Bonchev–Trinajstić information content (AvgIpc) is 2.83. The van der Waals surface area contributed by atoms with Crippen LogP contribution in [-0.2, 0) is 0 Å². The van der Waals surface area contributed by atoms with Gasteiger partial charge in [0.05, 0.1) is 6.04 Å². The van der Waals surface area contributed by atoms with Gasteiger partial charge in [-0.25, -0.2) is 4.98 Å². The van der Waals surface area contributed by atoms with E-state index in [1.54, 1.807) is 6.20 Å². The van der Waals surface area contributed by atoms with Gasteiger partial charge in [-0.05, 0) is 55.8 Å². The highest BCUT2D eigenvalue weighted by Crippen LogP contribution is 2.33. The first-order valence-electron chi connectivity index (χ1n) is 11.2. The minimum absolute atomic E-state index is 0.0767. The molecule has 2 atom stereocenters. The Morgan fingerprint density at radius 1 is 1.12 bits per heavy atom. The van der Waals surface area contributed by atoms with E-state index in [1.807, 2.05) is 43.4 Å². The number of pyridine rings is 1. The second kappa shape index (κ2) is 10.3. The molecule has 2 aromatic carbocycles. The van der Waals surface area contributed by atoms with E-state index in [-0.39, 0.29) is 6.04 Å². The van der Waals surface area contributed by atoms with Crippen molar-refractivity contribution in [3.8, 4) is 0 Å². The summed E-state index contributed by atoms with van der Waals surface area (Å²) in [5.74, 6) is 0.539. The zero-order chi connectivity index (χ0) is 22.3. The van der Waals surface area contributed by atoms with Crippen molar-refractivity contribution in [2.45, 2.75) is 24.9 Å². The van der Waals surface area contributed by atoms with Crippen LogP contribution in [-0.4, -0.2) is 31.2 Å². The number of benzene rings is 2. The molecule has 0 radical (unpaired) electrons. The Labute approximate surface area is 190 Å². The maximum absolute atomic E-state index is 6.37. The fourth-order valence-corrected chi connectivity index (χ4v) is 4.24. The van der Waals surface area contributed by atoms with Crippen molar-refractivity contribution < 1.29 is 0 Å². The first-order chi connectivity index (χ1) is 15.7. The highest BCUT2D eigenvalue weighted by Gasteiger charge is 2.22. The van der Waals surface area contributed by atoms with Gasteiger partial charge in [0.2, 0.25) is 0 Å². The molecular formula is C26H32N6. The molecule has 2 unspecified atom stereocenters. The molecule has 1 aliphatic rings. The van der Waals surface area contributed by atoms with Crippen LogP contribution in [0.4, 0.5) is 17.2 Å². The number of piperidine rings is 1. The predicted octanol–water partition coefficient (Wildman–Crippen LogP) is 4.22. The van der Waals surface area contributed by atoms with Crippen LogP contribution >= 0.6 is 0 Å². The monoisotopic (exact) mass is 428 g/mol. The largest absolute Gasteiger partial charge is 0.383 e. The molecule has 1 aliphatic heterocycles. The van der Waals surface area contributed by atoms with Crippen molar-refractivity contribution in [2.24, 2.45) is 0 Å². The van der Waals surface area contributed by atoms with Crippen LogP contribution in [0.5, 0.6) is 0 Å². The third-order valence-corrected chi connectivity index (χ3v) is 5.92. The number of anilines is 3. The number of nitrogens with one attached hydrogen (secondary N) is 4. The van der Waals surface area contributed by atoms with Gasteiger partial charge in [-0.15, -0.1) is 0 Å². The number of nitrogen functional groups attached to an aromatic ring is 1. The molecule has 4 rings (SSSR count). The van der Waals surface area contributed by atoms with Crippen molar-refractivity contribution in [3.05, 3.63) is 90.1 Å². The molecular weight excluding hydrogens is 396 g/mol. The fraction of sp³-hybridized carbons (Fsp3) is 0.269. The standard InChI is InChI=1S/C26H32N6/c1-18(31-21-7-4-3-5-8-21)19-10-12-20(13-11-19)25(28-2)24-23(14-16-30-26(24)27)32-22-9-6-15-29-17-22/h3-5,7-8,10-14,16,22,25,28-29,31H,1,6,9,15,17H2,2H3,(H3,27,30,32). The van der Waals surface area contributed by atoms with Gasteiger partial charge in [0.25, 0.3) is 0 Å². The topological polar surface area (TPSA) is 87.0 Å². The van der Waals surface area contributed by atoms with Crippen LogP contribution in [0.3, 0.4) is 0 Å². The number of hydrogen-bond acceptors (Lipinski definition) is 6. The van der Waals surface area contributed by atoms with Crippen LogP contribution in [0.1, 0.15) is 35.6 Å². The molecule has 2 heterocycles. The van der Waals surface area contributed by atoms with Crippen LogP contribution in [0, 0.1) is 0 Å². The van der Waals surface area contributed by atoms with Crippen molar-refractivity contribution in [1.29, 1.82) is 0 Å². The Hall–Kier alpha value is -3.35. The van der Waals surface area contributed by atoms with E-state index >= 15 is 0 Å². The van der Waals surface area contributed by atoms with Gasteiger partial charge in [-0.2, -0.15) is 0 Å². The zero-order valence-electron chi connectivity index (χ0n) is 18.6. The molecule has 166 valence electrons. The summed E-state index contributed by atoms with van der Waals surface area (Å²) in [5.41, 5.74) is 12.4. The number of nitrogens with two attached hydrogens (primary N) is 1. The van der Waals surface area contributed by atoms with E-state index in [4.69, 9.17) is 5.73 Å². The molecule has 32 heavy (non-hydrogen) atoms. The first-order valence-corrected chi connectivity index (χ1v) is 11.2. The Kier molecular flexibility index (Phi) is 7.04. The number of nitrogens with zero attached hydrogens (tertiary/aromatic N) is 1. The quantitative estimate of drug-likeness (QED) is 0.369. The molecule has 0 bridgehead atoms. The third kappa shape index (κ3) is 5.10. The summed E-state index contributed by atoms with van der Waals surface area (Å²) in [4.78, 5) is 4.38. The number of rotatable bonds is 8. The molecule has 3 aromatic rings. The lowest BCUT2D eigenvalue weighted by Crippen LogP contribution is -2.39. The molecule has 6 heteroatoms. The van der Waals surface area contributed by atoms with Crippen LogP contribution in [0.25, 0.3) is 5.70 Å². The fourth-order valence-electron chi connectivity index (χ4n) is 4.24. The molecule has 0 saturated carbocycles. The van der Waals surface area contributed by atoms with Gasteiger partial charge in [0.1, 0.15) is 5.82 Å². The minimum Gasteiger partial charge on any atom is -0.383 e. The van der Waals surface area contributed by atoms with E-state index in [9.17, 15) is 0 Å². The summed E-state index contributed by atoms with van der Waals surface area (Å²) in [5, 5.41) is 13.9. The van der Waals surface area contributed by atoms with Gasteiger partial charge < -0.3 is 27.0 Å². The van der Waals surface area contributed by atoms with E-state index in [0.29, 0.717) is 11.9 Å². The summed E-state index contributed by atoms with van der Waals surface area (Å²) in [6.07, 6.45) is 4.09. The summed E-state index contributed by atoms with van der Waals surface area (Å²) in [7, 11) is 1.95. The van der Waals surface area contributed by atoms with Gasteiger partial charge in [-0.3, -0.25) is 0 Å².